The molecular formula is C20H22N4O3. The van der Waals surface area contributed by atoms with E-state index in [2.05, 4.69) is 22.1 Å². The van der Waals surface area contributed by atoms with Crippen LogP contribution in [0.25, 0.3) is 10.9 Å². The maximum Gasteiger partial charge on any atom is 0.269 e. The second kappa shape index (κ2) is 8.35. The molecule has 1 heterocycles. The highest BCUT2D eigenvalue weighted by Gasteiger charge is 2.06. The first-order chi connectivity index (χ1) is 13.1. The standard InChI is InChI=1S/C20H22N4O3/c1-2-23-13-11-15-14-17(7-10-19(15)23)22-20(25)4-3-12-21-16-5-8-18(9-6-16)24(26)27/h5-11,13-14,21H,2-4,12H2,1H3,(H,22,25). The van der Waals surface area contributed by atoms with Crippen LogP contribution in [0.5, 0.6) is 0 Å². The van der Waals surface area contributed by atoms with Gasteiger partial charge in [0.05, 0.1) is 4.92 Å². The lowest BCUT2D eigenvalue weighted by Crippen LogP contribution is -2.13. The molecule has 3 rings (SSSR count). The zero-order valence-corrected chi connectivity index (χ0v) is 15.1. The third kappa shape index (κ3) is 4.63. The number of nitrogens with one attached hydrogen (secondary N) is 2. The Morgan fingerprint density at radius 3 is 2.56 bits per heavy atom. The number of carbonyl (C=O) groups excluding carboxylic acids is 1. The minimum absolute atomic E-state index is 0.0326. The van der Waals surface area contributed by atoms with Gasteiger partial charge in [0.15, 0.2) is 0 Å². The number of fused-ring (bicyclic) bond motifs is 1. The zero-order valence-electron chi connectivity index (χ0n) is 15.1. The normalized spacial score (nSPS) is 10.7. The zero-order chi connectivity index (χ0) is 19.2. The van der Waals surface area contributed by atoms with Gasteiger partial charge in [-0.2, -0.15) is 0 Å². The second-order valence-corrected chi connectivity index (χ2v) is 6.26. The first kappa shape index (κ1) is 18.4. The first-order valence-corrected chi connectivity index (χ1v) is 8.94. The number of rotatable bonds is 8. The average molecular weight is 366 g/mol. The molecule has 2 aromatic carbocycles. The number of hydrogen-bond acceptors (Lipinski definition) is 4. The number of aromatic nitrogens is 1. The van der Waals surface area contributed by atoms with Gasteiger partial charge in [0, 0.05) is 60.1 Å². The molecule has 0 saturated heterocycles. The highest BCUT2D eigenvalue weighted by molar-refractivity contribution is 5.93. The third-order valence-electron chi connectivity index (χ3n) is 4.38. The van der Waals surface area contributed by atoms with Crippen LogP contribution in [0.3, 0.4) is 0 Å². The molecule has 0 aliphatic rings. The molecule has 0 aliphatic heterocycles. The molecule has 0 unspecified atom stereocenters. The van der Waals surface area contributed by atoms with Gasteiger partial charge in [-0.1, -0.05) is 0 Å². The van der Waals surface area contributed by atoms with E-state index in [-0.39, 0.29) is 11.6 Å². The first-order valence-electron chi connectivity index (χ1n) is 8.94. The summed E-state index contributed by atoms with van der Waals surface area (Å²) in [6.07, 6.45) is 3.10. The lowest BCUT2D eigenvalue weighted by Gasteiger charge is -2.08. The minimum atomic E-state index is -0.428. The van der Waals surface area contributed by atoms with Crippen molar-refractivity contribution in [3.8, 4) is 0 Å². The van der Waals surface area contributed by atoms with Gasteiger partial charge in [-0.15, -0.1) is 0 Å². The predicted molar refractivity (Wildman–Crippen MR) is 107 cm³/mol. The molecule has 0 radical (unpaired) electrons. The number of amides is 1. The van der Waals surface area contributed by atoms with Crippen molar-refractivity contribution < 1.29 is 9.72 Å². The van der Waals surface area contributed by atoms with E-state index >= 15 is 0 Å². The highest BCUT2D eigenvalue weighted by Crippen LogP contribution is 2.21. The number of nitrogens with zero attached hydrogens (tertiary/aromatic N) is 2. The fourth-order valence-corrected chi connectivity index (χ4v) is 2.96. The van der Waals surface area contributed by atoms with Crippen molar-refractivity contribution in [1.29, 1.82) is 0 Å². The molecule has 2 N–H and O–H groups in total. The molecule has 7 nitrogen and oxygen atoms in total. The van der Waals surface area contributed by atoms with Gasteiger partial charge in [0.2, 0.25) is 5.91 Å². The Labute approximate surface area is 157 Å². The molecule has 0 atom stereocenters. The Balaban J connectivity index is 1.45. The maximum atomic E-state index is 12.1. The molecule has 3 aromatic rings. The Morgan fingerprint density at radius 1 is 1.11 bits per heavy atom. The number of non-ortho nitro benzene ring substituents is 1. The third-order valence-corrected chi connectivity index (χ3v) is 4.38. The summed E-state index contributed by atoms with van der Waals surface area (Å²) in [7, 11) is 0. The van der Waals surface area contributed by atoms with E-state index in [0.717, 1.165) is 28.8 Å². The van der Waals surface area contributed by atoms with Crippen LogP contribution in [-0.2, 0) is 11.3 Å². The monoisotopic (exact) mass is 366 g/mol. The second-order valence-electron chi connectivity index (χ2n) is 6.26. The minimum Gasteiger partial charge on any atom is -0.385 e. The molecule has 1 amide bonds. The van der Waals surface area contributed by atoms with Gasteiger partial charge in [-0.25, -0.2) is 0 Å². The quantitative estimate of drug-likeness (QED) is 0.351. The molecular weight excluding hydrogens is 344 g/mol. The molecule has 7 heteroatoms. The van der Waals surface area contributed by atoms with Gasteiger partial charge in [0.25, 0.3) is 5.69 Å². The van der Waals surface area contributed by atoms with Crippen LogP contribution in [0.2, 0.25) is 0 Å². The summed E-state index contributed by atoms with van der Waals surface area (Å²) >= 11 is 0. The topological polar surface area (TPSA) is 89.2 Å². The molecule has 1 aromatic heterocycles. The van der Waals surface area contributed by atoms with E-state index in [4.69, 9.17) is 0 Å². The van der Waals surface area contributed by atoms with E-state index in [0.29, 0.717) is 19.4 Å². The van der Waals surface area contributed by atoms with Gasteiger partial charge in [-0.3, -0.25) is 14.9 Å². The van der Waals surface area contributed by atoms with Crippen molar-refractivity contribution in [1.82, 2.24) is 4.57 Å². The summed E-state index contributed by atoms with van der Waals surface area (Å²) in [6, 6.07) is 14.2. The van der Waals surface area contributed by atoms with Gasteiger partial charge < -0.3 is 15.2 Å². The Bertz CT molecular complexity index is 948. The Morgan fingerprint density at radius 2 is 1.85 bits per heavy atom. The number of benzene rings is 2. The number of aryl methyl sites for hydroxylation is 1. The summed E-state index contributed by atoms with van der Waals surface area (Å²) in [5, 5.41) is 17.8. The van der Waals surface area contributed by atoms with Crippen molar-refractivity contribution in [2.24, 2.45) is 0 Å². The van der Waals surface area contributed by atoms with Crippen molar-refractivity contribution in [2.75, 3.05) is 17.2 Å². The molecule has 0 saturated carbocycles. The smallest absolute Gasteiger partial charge is 0.269 e. The van der Waals surface area contributed by atoms with Crippen LogP contribution in [0.15, 0.2) is 54.7 Å². The van der Waals surface area contributed by atoms with Gasteiger partial charge in [0.1, 0.15) is 0 Å². The molecule has 0 spiro atoms. The van der Waals surface area contributed by atoms with Gasteiger partial charge in [-0.05, 0) is 49.7 Å². The van der Waals surface area contributed by atoms with Crippen molar-refractivity contribution in [2.45, 2.75) is 26.3 Å². The summed E-state index contributed by atoms with van der Waals surface area (Å²) in [4.78, 5) is 22.3. The van der Waals surface area contributed by atoms with Crippen molar-refractivity contribution >= 4 is 33.9 Å². The Hall–Kier alpha value is -3.35. The maximum absolute atomic E-state index is 12.1. The van der Waals surface area contributed by atoms with Crippen LogP contribution < -0.4 is 10.6 Å². The van der Waals surface area contributed by atoms with E-state index in [1.807, 2.05) is 30.5 Å². The van der Waals surface area contributed by atoms with Crippen LogP contribution in [0.1, 0.15) is 19.8 Å². The van der Waals surface area contributed by atoms with Crippen LogP contribution in [0, 0.1) is 10.1 Å². The molecule has 0 bridgehead atoms. The van der Waals surface area contributed by atoms with Crippen LogP contribution in [0.4, 0.5) is 17.1 Å². The number of anilines is 2. The Kier molecular flexibility index (Phi) is 5.71. The summed E-state index contributed by atoms with van der Waals surface area (Å²) in [5.74, 6) is -0.0326. The summed E-state index contributed by atoms with van der Waals surface area (Å²) in [5.41, 5.74) is 2.81. The lowest BCUT2D eigenvalue weighted by atomic mass is 10.2. The van der Waals surface area contributed by atoms with Crippen LogP contribution in [-0.4, -0.2) is 21.9 Å². The van der Waals surface area contributed by atoms with E-state index in [1.54, 1.807) is 12.1 Å². The molecule has 0 fully saturated rings. The van der Waals surface area contributed by atoms with E-state index in [9.17, 15) is 14.9 Å². The lowest BCUT2D eigenvalue weighted by molar-refractivity contribution is -0.384. The fourth-order valence-electron chi connectivity index (χ4n) is 2.96. The molecule has 0 aliphatic carbocycles. The summed E-state index contributed by atoms with van der Waals surface area (Å²) in [6.45, 7) is 3.63. The van der Waals surface area contributed by atoms with Crippen molar-refractivity contribution in [3.05, 3.63) is 64.8 Å². The molecule has 27 heavy (non-hydrogen) atoms. The molecule has 140 valence electrons. The van der Waals surface area contributed by atoms with Crippen molar-refractivity contribution in [3.63, 3.8) is 0 Å². The van der Waals surface area contributed by atoms with E-state index in [1.165, 1.54) is 12.1 Å². The SMILES string of the molecule is CCn1ccc2cc(NC(=O)CCCNc3ccc([N+](=O)[O-])cc3)ccc21. The highest BCUT2D eigenvalue weighted by atomic mass is 16.6. The van der Waals surface area contributed by atoms with Crippen LogP contribution >= 0.6 is 0 Å². The summed E-state index contributed by atoms with van der Waals surface area (Å²) < 4.78 is 2.16. The largest absolute Gasteiger partial charge is 0.385 e. The predicted octanol–water partition coefficient (Wildman–Crippen LogP) is 4.40. The van der Waals surface area contributed by atoms with Gasteiger partial charge >= 0.3 is 0 Å². The number of carbonyl (C=O) groups is 1. The van der Waals surface area contributed by atoms with E-state index < -0.39 is 4.92 Å². The number of nitro groups is 1. The fraction of sp³-hybridized carbons (Fsp3) is 0.250. The number of nitro benzene ring substituents is 1. The average Bonchev–Trinajstić information content (AvgIpc) is 3.08. The number of hydrogen-bond donors (Lipinski definition) is 2.